The third kappa shape index (κ3) is 4.68. The highest BCUT2D eigenvalue weighted by atomic mass is 16.5. The van der Waals surface area contributed by atoms with Gasteiger partial charge in [0.05, 0.1) is 6.54 Å². The molecule has 2 heterocycles. The summed E-state index contributed by atoms with van der Waals surface area (Å²) in [4.78, 5) is 30.5. The summed E-state index contributed by atoms with van der Waals surface area (Å²) >= 11 is 0. The standard InChI is InChI=1S/C22H25N3O3/c26-21(24-14-17-2-1-9-23-13-17)8-4-16-3-7-20-19(12-16)15-25(10-11-28-20)22(27)18-5-6-18/h1-3,7,9,12-13,18H,4-6,8,10-11,14-15H2,(H,24,26). The summed E-state index contributed by atoms with van der Waals surface area (Å²) < 4.78 is 5.82. The monoisotopic (exact) mass is 379 g/mol. The van der Waals surface area contributed by atoms with Crippen molar-refractivity contribution in [1.82, 2.24) is 15.2 Å². The van der Waals surface area contributed by atoms with E-state index in [1.165, 1.54) is 0 Å². The lowest BCUT2D eigenvalue weighted by molar-refractivity contribution is -0.133. The van der Waals surface area contributed by atoms with Crippen molar-refractivity contribution >= 4 is 11.8 Å². The van der Waals surface area contributed by atoms with Crippen LogP contribution in [0.5, 0.6) is 5.75 Å². The van der Waals surface area contributed by atoms with E-state index in [9.17, 15) is 9.59 Å². The van der Waals surface area contributed by atoms with Crippen molar-refractivity contribution < 1.29 is 14.3 Å². The Balaban J connectivity index is 1.33. The van der Waals surface area contributed by atoms with Crippen LogP contribution in [0.3, 0.4) is 0 Å². The Morgan fingerprint density at radius 2 is 2.11 bits per heavy atom. The average molecular weight is 379 g/mol. The molecule has 4 rings (SSSR count). The Labute approximate surface area is 164 Å². The number of amides is 2. The van der Waals surface area contributed by atoms with E-state index in [4.69, 9.17) is 4.74 Å². The van der Waals surface area contributed by atoms with Gasteiger partial charge in [0.15, 0.2) is 0 Å². The minimum absolute atomic E-state index is 0.0144. The van der Waals surface area contributed by atoms with Gasteiger partial charge in [-0.05, 0) is 42.5 Å². The molecule has 1 fully saturated rings. The van der Waals surface area contributed by atoms with Crippen molar-refractivity contribution in [2.24, 2.45) is 5.92 Å². The number of hydrogen-bond donors (Lipinski definition) is 1. The number of hydrogen-bond acceptors (Lipinski definition) is 4. The third-order valence-corrected chi connectivity index (χ3v) is 5.20. The molecular formula is C22H25N3O3. The molecule has 1 aliphatic heterocycles. The normalized spacial score (nSPS) is 15.9. The predicted octanol–water partition coefficient (Wildman–Crippen LogP) is 2.46. The van der Waals surface area contributed by atoms with Gasteiger partial charge >= 0.3 is 0 Å². The first kappa shape index (κ1) is 18.5. The fourth-order valence-corrected chi connectivity index (χ4v) is 3.43. The molecule has 1 aliphatic carbocycles. The van der Waals surface area contributed by atoms with Crippen LogP contribution in [0.1, 0.15) is 36.0 Å². The Kier molecular flexibility index (Phi) is 5.55. The molecule has 0 saturated heterocycles. The molecular weight excluding hydrogens is 354 g/mol. The van der Waals surface area contributed by atoms with Gasteiger partial charge in [-0.1, -0.05) is 18.2 Å². The first-order valence-electron chi connectivity index (χ1n) is 9.88. The number of carbonyl (C=O) groups excluding carboxylic acids is 2. The van der Waals surface area contributed by atoms with Crippen LogP contribution in [-0.4, -0.2) is 34.8 Å². The number of ether oxygens (including phenoxy) is 1. The van der Waals surface area contributed by atoms with E-state index in [0.717, 1.165) is 35.3 Å². The zero-order chi connectivity index (χ0) is 19.3. The quantitative estimate of drug-likeness (QED) is 0.837. The Morgan fingerprint density at radius 3 is 2.89 bits per heavy atom. The molecule has 6 heteroatoms. The molecule has 1 saturated carbocycles. The van der Waals surface area contributed by atoms with Crippen LogP contribution in [0, 0.1) is 5.92 Å². The van der Waals surface area contributed by atoms with Gasteiger partial charge in [0.25, 0.3) is 0 Å². The number of pyridine rings is 1. The van der Waals surface area contributed by atoms with Crippen molar-refractivity contribution in [1.29, 1.82) is 0 Å². The maximum atomic E-state index is 12.4. The van der Waals surface area contributed by atoms with Crippen molar-refractivity contribution in [3.05, 3.63) is 59.4 Å². The highest BCUT2D eigenvalue weighted by Gasteiger charge is 2.34. The fourth-order valence-electron chi connectivity index (χ4n) is 3.43. The summed E-state index contributed by atoms with van der Waals surface area (Å²) in [5.41, 5.74) is 3.10. The molecule has 2 aliphatic rings. The van der Waals surface area contributed by atoms with Crippen molar-refractivity contribution in [2.75, 3.05) is 13.2 Å². The number of benzene rings is 1. The average Bonchev–Trinajstić information content (AvgIpc) is 3.57. The van der Waals surface area contributed by atoms with E-state index in [1.54, 1.807) is 12.4 Å². The minimum atomic E-state index is 0.0144. The van der Waals surface area contributed by atoms with Gasteiger partial charge in [0.1, 0.15) is 12.4 Å². The SMILES string of the molecule is O=C(CCc1ccc2c(c1)CN(C(=O)C1CC1)CCO2)NCc1cccnc1. The molecule has 0 atom stereocenters. The lowest BCUT2D eigenvalue weighted by atomic mass is 10.0. The summed E-state index contributed by atoms with van der Waals surface area (Å²) in [6.45, 7) is 2.24. The number of fused-ring (bicyclic) bond motifs is 1. The number of aromatic nitrogens is 1. The molecule has 0 radical (unpaired) electrons. The molecule has 28 heavy (non-hydrogen) atoms. The molecule has 0 spiro atoms. The number of nitrogens with zero attached hydrogens (tertiary/aromatic N) is 2. The first-order valence-corrected chi connectivity index (χ1v) is 9.88. The molecule has 0 unspecified atom stereocenters. The van der Waals surface area contributed by atoms with Crippen LogP contribution in [0.15, 0.2) is 42.7 Å². The van der Waals surface area contributed by atoms with E-state index in [0.29, 0.717) is 39.1 Å². The molecule has 0 bridgehead atoms. The Hall–Kier alpha value is -2.89. The van der Waals surface area contributed by atoms with Gasteiger partial charge in [-0.2, -0.15) is 0 Å². The highest BCUT2D eigenvalue weighted by Crippen LogP contribution is 2.33. The number of nitrogens with one attached hydrogen (secondary N) is 1. The third-order valence-electron chi connectivity index (χ3n) is 5.20. The number of rotatable bonds is 6. The zero-order valence-corrected chi connectivity index (χ0v) is 15.9. The summed E-state index contributed by atoms with van der Waals surface area (Å²) in [5.74, 6) is 1.32. The molecule has 146 valence electrons. The van der Waals surface area contributed by atoms with Gasteiger partial charge in [-0.3, -0.25) is 14.6 Å². The van der Waals surface area contributed by atoms with E-state index < -0.39 is 0 Å². The van der Waals surface area contributed by atoms with Crippen LogP contribution in [-0.2, 0) is 29.1 Å². The van der Waals surface area contributed by atoms with Crippen molar-refractivity contribution in [3.63, 3.8) is 0 Å². The van der Waals surface area contributed by atoms with Crippen LogP contribution < -0.4 is 10.1 Å². The second-order valence-electron chi connectivity index (χ2n) is 7.46. The van der Waals surface area contributed by atoms with Gasteiger partial charge in [-0.25, -0.2) is 0 Å². The second kappa shape index (κ2) is 8.42. The number of carbonyl (C=O) groups is 2. The predicted molar refractivity (Wildman–Crippen MR) is 104 cm³/mol. The molecule has 1 aromatic carbocycles. The van der Waals surface area contributed by atoms with Crippen LogP contribution in [0.4, 0.5) is 0 Å². The smallest absolute Gasteiger partial charge is 0.226 e. The van der Waals surface area contributed by atoms with E-state index in [-0.39, 0.29) is 17.7 Å². The van der Waals surface area contributed by atoms with Crippen LogP contribution in [0.2, 0.25) is 0 Å². The Morgan fingerprint density at radius 1 is 1.21 bits per heavy atom. The number of aryl methyl sites for hydroxylation is 1. The summed E-state index contributed by atoms with van der Waals surface area (Å²) in [5, 5.41) is 2.93. The minimum Gasteiger partial charge on any atom is -0.491 e. The molecule has 2 aromatic rings. The largest absolute Gasteiger partial charge is 0.491 e. The van der Waals surface area contributed by atoms with E-state index >= 15 is 0 Å². The molecule has 1 N–H and O–H groups in total. The highest BCUT2D eigenvalue weighted by molar-refractivity contribution is 5.81. The second-order valence-corrected chi connectivity index (χ2v) is 7.46. The maximum Gasteiger partial charge on any atom is 0.226 e. The van der Waals surface area contributed by atoms with Crippen LogP contribution >= 0.6 is 0 Å². The lowest BCUT2D eigenvalue weighted by Gasteiger charge is -2.19. The van der Waals surface area contributed by atoms with E-state index in [2.05, 4.69) is 16.4 Å². The lowest BCUT2D eigenvalue weighted by Crippen LogP contribution is -2.33. The van der Waals surface area contributed by atoms with Crippen molar-refractivity contribution in [3.8, 4) is 5.75 Å². The van der Waals surface area contributed by atoms with Gasteiger partial charge in [0.2, 0.25) is 11.8 Å². The topological polar surface area (TPSA) is 71.5 Å². The molecule has 6 nitrogen and oxygen atoms in total. The van der Waals surface area contributed by atoms with Gasteiger partial charge in [-0.15, -0.1) is 0 Å². The van der Waals surface area contributed by atoms with Gasteiger partial charge in [0, 0.05) is 43.4 Å². The van der Waals surface area contributed by atoms with Crippen LogP contribution in [0.25, 0.3) is 0 Å². The summed E-state index contributed by atoms with van der Waals surface area (Å²) in [6.07, 6.45) is 6.57. The van der Waals surface area contributed by atoms with Crippen molar-refractivity contribution in [2.45, 2.75) is 38.8 Å². The van der Waals surface area contributed by atoms with Gasteiger partial charge < -0.3 is 15.0 Å². The zero-order valence-electron chi connectivity index (χ0n) is 15.9. The molecule has 1 aromatic heterocycles. The molecule has 2 amide bonds. The van der Waals surface area contributed by atoms with E-state index in [1.807, 2.05) is 29.2 Å². The maximum absolute atomic E-state index is 12.4. The summed E-state index contributed by atoms with van der Waals surface area (Å²) in [6, 6.07) is 9.84. The first-order chi connectivity index (χ1) is 13.7. The summed E-state index contributed by atoms with van der Waals surface area (Å²) in [7, 11) is 0. The Bertz CT molecular complexity index is 849. The fraction of sp³-hybridized carbons (Fsp3) is 0.409.